The number of fused-ring (bicyclic) bond motifs is 2. The normalized spacial score (nSPS) is 19.3. The second-order valence-corrected chi connectivity index (χ2v) is 8.36. The molecule has 0 N–H and O–H groups in total. The maximum atomic E-state index is 13.5. The average molecular weight is 368 g/mol. The molecule has 2 aromatic rings. The largest absolute Gasteiger partial charge is 0.360 e. The molecular weight excluding hydrogens is 340 g/mol. The quantitative estimate of drug-likeness (QED) is 0.830. The highest BCUT2D eigenvalue weighted by Gasteiger charge is 2.34. The summed E-state index contributed by atoms with van der Waals surface area (Å²) in [5.74, 6) is 0.973. The first-order valence-electron chi connectivity index (χ1n) is 10.5. The molecule has 6 heteroatoms. The van der Waals surface area contributed by atoms with E-state index in [0.717, 1.165) is 68.4 Å². The van der Waals surface area contributed by atoms with Crippen LogP contribution in [0, 0.1) is 0 Å². The third-order valence-corrected chi connectivity index (χ3v) is 6.70. The van der Waals surface area contributed by atoms with Gasteiger partial charge in [0.15, 0.2) is 5.69 Å². The molecule has 0 atom stereocenters. The highest BCUT2D eigenvalue weighted by molar-refractivity contribution is 5.94. The lowest BCUT2D eigenvalue weighted by atomic mass is 9.96. The van der Waals surface area contributed by atoms with Gasteiger partial charge in [0.05, 0.1) is 12.2 Å². The first-order chi connectivity index (χ1) is 13.2. The van der Waals surface area contributed by atoms with Crippen molar-refractivity contribution < 1.29 is 9.32 Å². The van der Waals surface area contributed by atoms with Crippen molar-refractivity contribution in [2.75, 3.05) is 0 Å². The molecule has 2 heterocycles. The highest BCUT2D eigenvalue weighted by Crippen LogP contribution is 2.32. The van der Waals surface area contributed by atoms with E-state index in [9.17, 15) is 4.79 Å². The lowest BCUT2D eigenvalue weighted by molar-refractivity contribution is 0.0649. The van der Waals surface area contributed by atoms with Gasteiger partial charge >= 0.3 is 0 Å². The van der Waals surface area contributed by atoms with Crippen LogP contribution in [-0.4, -0.2) is 31.8 Å². The Bertz CT molecular complexity index is 860. The fourth-order valence-electron chi connectivity index (χ4n) is 5.26. The monoisotopic (exact) mass is 368 g/mol. The van der Waals surface area contributed by atoms with Crippen LogP contribution >= 0.6 is 0 Å². The van der Waals surface area contributed by atoms with Gasteiger partial charge in [-0.1, -0.05) is 18.0 Å². The van der Waals surface area contributed by atoms with Gasteiger partial charge in [-0.15, -0.1) is 0 Å². The van der Waals surface area contributed by atoms with Gasteiger partial charge in [-0.3, -0.25) is 9.48 Å². The van der Waals surface area contributed by atoms with Crippen LogP contribution in [0.1, 0.15) is 83.7 Å². The van der Waals surface area contributed by atoms with E-state index in [2.05, 4.69) is 10.1 Å². The van der Waals surface area contributed by atoms with E-state index >= 15 is 0 Å². The average Bonchev–Trinajstić information content (AvgIpc) is 3.45. The van der Waals surface area contributed by atoms with Crippen molar-refractivity contribution in [1.29, 1.82) is 0 Å². The van der Waals surface area contributed by atoms with Crippen molar-refractivity contribution in [3.63, 3.8) is 0 Å². The number of carbonyl (C=O) groups is 1. The van der Waals surface area contributed by atoms with Gasteiger partial charge in [0.25, 0.3) is 5.91 Å². The predicted octanol–water partition coefficient (Wildman–Crippen LogP) is 3.36. The molecule has 144 valence electrons. The van der Waals surface area contributed by atoms with Gasteiger partial charge in [0, 0.05) is 30.8 Å². The van der Waals surface area contributed by atoms with Gasteiger partial charge in [0.2, 0.25) is 0 Å². The van der Waals surface area contributed by atoms with Crippen LogP contribution in [0.25, 0.3) is 0 Å². The SMILES string of the molecule is Cn1nc(CN(C(=O)c2noc3c2CCCC3)C2CCCC2)c2c1CCC2. The lowest BCUT2D eigenvalue weighted by Crippen LogP contribution is -2.39. The Kier molecular flexibility index (Phi) is 4.29. The van der Waals surface area contributed by atoms with Crippen LogP contribution in [0.3, 0.4) is 0 Å². The molecule has 0 saturated heterocycles. The van der Waals surface area contributed by atoms with Crippen molar-refractivity contribution in [3.05, 3.63) is 34.0 Å². The first-order valence-corrected chi connectivity index (χ1v) is 10.5. The van der Waals surface area contributed by atoms with E-state index in [1.54, 1.807) is 0 Å². The van der Waals surface area contributed by atoms with Crippen molar-refractivity contribution in [3.8, 4) is 0 Å². The van der Waals surface area contributed by atoms with Gasteiger partial charge in [0.1, 0.15) is 5.76 Å². The second kappa shape index (κ2) is 6.80. The summed E-state index contributed by atoms with van der Waals surface area (Å²) in [5.41, 5.74) is 5.42. The predicted molar refractivity (Wildman–Crippen MR) is 101 cm³/mol. The Morgan fingerprint density at radius 3 is 2.70 bits per heavy atom. The zero-order chi connectivity index (χ0) is 18.4. The van der Waals surface area contributed by atoms with Crippen molar-refractivity contribution in [1.82, 2.24) is 19.8 Å². The Balaban J connectivity index is 1.47. The highest BCUT2D eigenvalue weighted by atomic mass is 16.5. The Morgan fingerprint density at radius 2 is 1.85 bits per heavy atom. The Hall–Kier alpha value is -2.11. The van der Waals surface area contributed by atoms with Crippen LogP contribution in [0.15, 0.2) is 4.52 Å². The summed E-state index contributed by atoms with van der Waals surface area (Å²) in [6.07, 6.45) is 12.0. The number of aromatic nitrogens is 3. The Morgan fingerprint density at radius 1 is 1.07 bits per heavy atom. The summed E-state index contributed by atoms with van der Waals surface area (Å²) in [4.78, 5) is 15.6. The van der Waals surface area contributed by atoms with Crippen LogP contribution in [0.5, 0.6) is 0 Å². The summed E-state index contributed by atoms with van der Waals surface area (Å²) in [6, 6.07) is 0.299. The maximum absolute atomic E-state index is 13.5. The minimum atomic E-state index is 0.0474. The zero-order valence-electron chi connectivity index (χ0n) is 16.2. The summed E-state index contributed by atoms with van der Waals surface area (Å²) in [6.45, 7) is 0.605. The van der Waals surface area contributed by atoms with E-state index in [0.29, 0.717) is 18.3 Å². The number of rotatable bonds is 4. The third-order valence-electron chi connectivity index (χ3n) is 6.70. The number of hydrogen-bond acceptors (Lipinski definition) is 4. The van der Waals surface area contributed by atoms with Gasteiger partial charge in [-0.2, -0.15) is 5.10 Å². The molecule has 0 unspecified atom stereocenters. The topological polar surface area (TPSA) is 64.2 Å². The van der Waals surface area contributed by atoms with Crippen LogP contribution in [0.2, 0.25) is 0 Å². The molecule has 0 spiro atoms. The molecule has 3 aliphatic carbocycles. The molecule has 0 aromatic carbocycles. The van der Waals surface area contributed by atoms with Gasteiger partial charge < -0.3 is 9.42 Å². The van der Waals surface area contributed by atoms with E-state index in [1.165, 1.54) is 30.5 Å². The summed E-state index contributed by atoms with van der Waals surface area (Å²) in [7, 11) is 2.03. The molecule has 0 bridgehead atoms. The summed E-state index contributed by atoms with van der Waals surface area (Å²) in [5, 5.41) is 8.99. The fourth-order valence-corrected chi connectivity index (χ4v) is 5.26. The van der Waals surface area contributed by atoms with E-state index in [4.69, 9.17) is 9.62 Å². The van der Waals surface area contributed by atoms with Gasteiger partial charge in [-0.25, -0.2) is 0 Å². The number of nitrogens with zero attached hydrogens (tertiary/aromatic N) is 4. The van der Waals surface area contributed by atoms with Crippen molar-refractivity contribution in [2.45, 2.75) is 83.2 Å². The Labute approximate surface area is 159 Å². The molecule has 1 fully saturated rings. The first kappa shape index (κ1) is 17.0. The number of amides is 1. The minimum absolute atomic E-state index is 0.0474. The molecule has 5 rings (SSSR count). The van der Waals surface area contributed by atoms with Gasteiger partial charge in [-0.05, 0) is 56.9 Å². The lowest BCUT2D eigenvalue weighted by Gasteiger charge is -2.28. The van der Waals surface area contributed by atoms with E-state index in [1.807, 2.05) is 11.7 Å². The second-order valence-electron chi connectivity index (χ2n) is 8.36. The number of carbonyl (C=O) groups excluding carboxylic acids is 1. The molecule has 3 aliphatic rings. The molecule has 0 aliphatic heterocycles. The molecule has 1 amide bonds. The fraction of sp³-hybridized carbons (Fsp3) is 0.667. The molecule has 1 saturated carbocycles. The number of hydrogen-bond donors (Lipinski definition) is 0. The van der Waals surface area contributed by atoms with E-state index in [-0.39, 0.29) is 5.91 Å². The molecular formula is C21H28N4O2. The van der Waals surface area contributed by atoms with E-state index < -0.39 is 0 Å². The van der Waals surface area contributed by atoms with Crippen LogP contribution < -0.4 is 0 Å². The standard InChI is InChI=1S/C21H28N4O2/c1-24-18-11-6-10-15(18)17(22-24)13-25(14-7-2-3-8-14)21(26)20-16-9-4-5-12-19(16)27-23-20/h14H,2-13H2,1H3. The van der Waals surface area contributed by atoms with Crippen molar-refractivity contribution >= 4 is 5.91 Å². The third kappa shape index (κ3) is 2.89. The number of aryl methyl sites for hydroxylation is 2. The zero-order valence-corrected chi connectivity index (χ0v) is 16.2. The van der Waals surface area contributed by atoms with Crippen LogP contribution in [-0.2, 0) is 39.3 Å². The van der Waals surface area contributed by atoms with Crippen molar-refractivity contribution in [2.24, 2.45) is 7.05 Å². The molecule has 0 radical (unpaired) electrons. The maximum Gasteiger partial charge on any atom is 0.276 e. The smallest absolute Gasteiger partial charge is 0.276 e. The molecule has 2 aromatic heterocycles. The minimum Gasteiger partial charge on any atom is -0.360 e. The summed E-state index contributed by atoms with van der Waals surface area (Å²) < 4.78 is 7.55. The molecule has 27 heavy (non-hydrogen) atoms. The summed E-state index contributed by atoms with van der Waals surface area (Å²) >= 11 is 0. The molecule has 6 nitrogen and oxygen atoms in total. The van der Waals surface area contributed by atoms with Crippen LogP contribution in [0.4, 0.5) is 0 Å².